The van der Waals surface area contributed by atoms with Gasteiger partial charge in [-0.1, -0.05) is 18.2 Å². The standard InChI is InChI=1S/C10H9F2NO/c11-9(12)6-7-10(14)13-8-4-2-1-3-5-8/h1-7,9H,(H,13,14)/b7-6+. The molecule has 0 atom stereocenters. The molecule has 0 aliphatic carbocycles. The van der Waals surface area contributed by atoms with E-state index in [4.69, 9.17) is 0 Å². The smallest absolute Gasteiger partial charge is 0.257 e. The third-order valence-corrected chi connectivity index (χ3v) is 1.43. The molecule has 0 fully saturated rings. The van der Waals surface area contributed by atoms with Gasteiger partial charge >= 0.3 is 0 Å². The summed E-state index contributed by atoms with van der Waals surface area (Å²) in [4.78, 5) is 11.0. The van der Waals surface area contributed by atoms with Crippen LogP contribution in [0.3, 0.4) is 0 Å². The highest BCUT2D eigenvalue weighted by molar-refractivity contribution is 5.99. The second kappa shape index (κ2) is 5.11. The van der Waals surface area contributed by atoms with Gasteiger partial charge in [0.25, 0.3) is 6.43 Å². The van der Waals surface area contributed by atoms with Gasteiger partial charge in [0.1, 0.15) is 0 Å². The summed E-state index contributed by atoms with van der Waals surface area (Å²) in [6.45, 7) is 0. The molecule has 1 amide bonds. The van der Waals surface area contributed by atoms with Gasteiger partial charge in [-0.3, -0.25) is 4.79 Å². The van der Waals surface area contributed by atoms with Gasteiger partial charge in [-0.05, 0) is 18.2 Å². The minimum Gasteiger partial charge on any atom is -0.323 e. The second-order valence-electron chi connectivity index (χ2n) is 2.55. The van der Waals surface area contributed by atoms with Crippen molar-refractivity contribution in [2.24, 2.45) is 0 Å². The zero-order chi connectivity index (χ0) is 10.4. The lowest BCUT2D eigenvalue weighted by Gasteiger charge is -1.99. The molecule has 0 spiro atoms. The normalized spacial score (nSPS) is 10.8. The molecule has 0 radical (unpaired) electrons. The third kappa shape index (κ3) is 3.80. The van der Waals surface area contributed by atoms with Crippen LogP contribution in [0.5, 0.6) is 0 Å². The van der Waals surface area contributed by atoms with Crippen molar-refractivity contribution in [3.63, 3.8) is 0 Å². The number of benzene rings is 1. The van der Waals surface area contributed by atoms with E-state index in [1.807, 2.05) is 0 Å². The Morgan fingerprint density at radius 3 is 2.50 bits per heavy atom. The van der Waals surface area contributed by atoms with Gasteiger partial charge in [0.2, 0.25) is 5.91 Å². The fourth-order valence-electron chi connectivity index (χ4n) is 0.866. The average Bonchev–Trinajstić information content (AvgIpc) is 2.16. The molecular weight excluding hydrogens is 188 g/mol. The highest BCUT2D eigenvalue weighted by Gasteiger charge is 1.98. The Morgan fingerprint density at radius 2 is 1.93 bits per heavy atom. The Morgan fingerprint density at radius 1 is 1.29 bits per heavy atom. The average molecular weight is 197 g/mol. The van der Waals surface area contributed by atoms with E-state index >= 15 is 0 Å². The lowest BCUT2D eigenvalue weighted by atomic mass is 10.3. The van der Waals surface area contributed by atoms with E-state index in [1.165, 1.54) is 0 Å². The van der Waals surface area contributed by atoms with Crippen molar-refractivity contribution < 1.29 is 13.6 Å². The summed E-state index contributed by atoms with van der Waals surface area (Å²) in [5, 5.41) is 2.44. The molecule has 0 aromatic heterocycles. The monoisotopic (exact) mass is 197 g/mol. The fraction of sp³-hybridized carbons (Fsp3) is 0.100. The summed E-state index contributed by atoms with van der Waals surface area (Å²) in [6, 6.07) is 8.63. The number of hydrogen-bond acceptors (Lipinski definition) is 1. The van der Waals surface area contributed by atoms with E-state index in [0.29, 0.717) is 11.8 Å². The quantitative estimate of drug-likeness (QED) is 0.741. The number of halogens is 2. The third-order valence-electron chi connectivity index (χ3n) is 1.43. The largest absolute Gasteiger partial charge is 0.323 e. The molecule has 0 bridgehead atoms. The van der Waals surface area contributed by atoms with Crippen molar-refractivity contribution in [1.29, 1.82) is 0 Å². The van der Waals surface area contributed by atoms with Crippen LogP contribution in [0.2, 0.25) is 0 Å². The molecule has 0 unspecified atom stereocenters. The van der Waals surface area contributed by atoms with Crippen LogP contribution in [0.4, 0.5) is 14.5 Å². The fourth-order valence-corrected chi connectivity index (χ4v) is 0.866. The second-order valence-corrected chi connectivity index (χ2v) is 2.55. The first-order valence-corrected chi connectivity index (χ1v) is 4.01. The number of allylic oxidation sites excluding steroid dienone is 1. The highest BCUT2D eigenvalue weighted by atomic mass is 19.3. The maximum atomic E-state index is 11.7. The van der Waals surface area contributed by atoms with Gasteiger partial charge in [0.05, 0.1) is 0 Å². The van der Waals surface area contributed by atoms with Crippen molar-refractivity contribution in [2.75, 3.05) is 5.32 Å². The Balaban J connectivity index is 2.50. The molecule has 2 nitrogen and oxygen atoms in total. The molecule has 1 aromatic carbocycles. The molecule has 0 aliphatic heterocycles. The Hall–Kier alpha value is -1.71. The molecule has 0 heterocycles. The maximum absolute atomic E-state index is 11.7. The van der Waals surface area contributed by atoms with Crippen molar-refractivity contribution in [3.05, 3.63) is 42.5 Å². The lowest BCUT2D eigenvalue weighted by molar-refractivity contribution is -0.112. The lowest BCUT2D eigenvalue weighted by Crippen LogP contribution is -2.07. The summed E-state index contributed by atoms with van der Waals surface area (Å²) in [7, 11) is 0. The van der Waals surface area contributed by atoms with Crippen LogP contribution >= 0.6 is 0 Å². The van der Waals surface area contributed by atoms with Gasteiger partial charge < -0.3 is 5.32 Å². The van der Waals surface area contributed by atoms with Gasteiger partial charge in [0.15, 0.2) is 0 Å². The molecule has 1 rings (SSSR count). The van der Waals surface area contributed by atoms with Crippen LogP contribution in [0, 0.1) is 0 Å². The van der Waals surface area contributed by atoms with Crippen molar-refractivity contribution in [2.45, 2.75) is 6.43 Å². The molecule has 4 heteroatoms. The zero-order valence-electron chi connectivity index (χ0n) is 7.28. The molecule has 0 aliphatic rings. The number of nitrogens with one attached hydrogen (secondary N) is 1. The molecule has 0 saturated carbocycles. The van der Waals surface area contributed by atoms with E-state index in [0.717, 1.165) is 6.08 Å². The summed E-state index contributed by atoms with van der Waals surface area (Å²) in [5.74, 6) is -0.559. The van der Waals surface area contributed by atoms with Crippen molar-refractivity contribution >= 4 is 11.6 Å². The van der Waals surface area contributed by atoms with E-state index in [1.54, 1.807) is 30.3 Å². The number of carbonyl (C=O) groups is 1. The number of para-hydroxylation sites is 1. The van der Waals surface area contributed by atoms with E-state index in [2.05, 4.69) is 5.32 Å². The van der Waals surface area contributed by atoms with Crippen LogP contribution < -0.4 is 5.32 Å². The van der Waals surface area contributed by atoms with E-state index in [9.17, 15) is 13.6 Å². The minimum atomic E-state index is -2.60. The highest BCUT2D eigenvalue weighted by Crippen LogP contribution is 2.04. The predicted molar refractivity (Wildman–Crippen MR) is 50.2 cm³/mol. The van der Waals surface area contributed by atoms with Crippen LogP contribution in [0.15, 0.2) is 42.5 Å². The first kappa shape index (κ1) is 10.4. The summed E-state index contributed by atoms with van der Waals surface area (Å²) in [6.07, 6.45) is -1.24. The molecule has 0 saturated heterocycles. The topological polar surface area (TPSA) is 29.1 Å². The van der Waals surface area contributed by atoms with Gasteiger partial charge in [-0.25, -0.2) is 8.78 Å². The van der Waals surface area contributed by atoms with Crippen LogP contribution in [-0.4, -0.2) is 12.3 Å². The van der Waals surface area contributed by atoms with E-state index < -0.39 is 12.3 Å². The predicted octanol–water partition coefficient (Wildman–Crippen LogP) is 2.45. The first-order chi connectivity index (χ1) is 6.68. The summed E-state index contributed by atoms with van der Waals surface area (Å²) < 4.78 is 23.3. The molecule has 1 N–H and O–H groups in total. The Kier molecular flexibility index (Phi) is 3.79. The summed E-state index contributed by atoms with van der Waals surface area (Å²) in [5.41, 5.74) is 0.580. The Labute approximate surface area is 80.2 Å². The number of hydrogen-bond donors (Lipinski definition) is 1. The Bertz CT molecular complexity index is 322. The summed E-state index contributed by atoms with van der Waals surface area (Å²) >= 11 is 0. The maximum Gasteiger partial charge on any atom is 0.257 e. The number of carbonyl (C=O) groups excluding carboxylic acids is 1. The molecule has 14 heavy (non-hydrogen) atoms. The van der Waals surface area contributed by atoms with Crippen LogP contribution in [0.1, 0.15) is 0 Å². The van der Waals surface area contributed by atoms with Crippen LogP contribution in [0.25, 0.3) is 0 Å². The van der Waals surface area contributed by atoms with Gasteiger partial charge in [0, 0.05) is 11.8 Å². The number of anilines is 1. The number of rotatable bonds is 3. The van der Waals surface area contributed by atoms with Gasteiger partial charge in [-0.2, -0.15) is 0 Å². The van der Waals surface area contributed by atoms with Gasteiger partial charge in [-0.15, -0.1) is 0 Å². The molecular formula is C10H9F2NO. The van der Waals surface area contributed by atoms with Crippen molar-refractivity contribution in [3.8, 4) is 0 Å². The van der Waals surface area contributed by atoms with Crippen LogP contribution in [-0.2, 0) is 4.79 Å². The molecule has 74 valence electrons. The number of amides is 1. The first-order valence-electron chi connectivity index (χ1n) is 4.01. The SMILES string of the molecule is O=C(/C=C/C(F)F)Nc1ccccc1. The van der Waals surface area contributed by atoms with Crippen molar-refractivity contribution in [1.82, 2.24) is 0 Å². The minimum absolute atomic E-state index is 0.540. The zero-order valence-corrected chi connectivity index (χ0v) is 7.28. The number of alkyl halides is 2. The van der Waals surface area contributed by atoms with E-state index in [-0.39, 0.29) is 0 Å². The molecule has 1 aromatic rings.